The third-order valence-electron chi connectivity index (χ3n) is 4.84. The molecule has 1 aromatic carbocycles. The van der Waals surface area contributed by atoms with E-state index in [2.05, 4.69) is 29.4 Å². The molecule has 0 aliphatic carbocycles. The second-order valence-corrected chi connectivity index (χ2v) is 8.01. The first kappa shape index (κ1) is 18.7. The first-order chi connectivity index (χ1) is 12.5. The topological polar surface area (TPSA) is 73.1 Å². The summed E-state index contributed by atoms with van der Waals surface area (Å²) in [7, 11) is 1.63. The molecule has 0 N–H and O–H groups in total. The molecule has 0 unspecified atom stereocenters. The Hall–Kier alpha value is -2.09. The highest BCUT2D eigenvalue weighted by atomic mass is 32.2. The Morgan fingerprint density at radius 2 is 1.88 bits per heavy atom. The number of piperidine rings is 1. The zero-order valence-electron chi connectivity index (χ0n) is 15.6. The van der Waals surface area contributed by atoms with Crippen molar-refractivity contribution in [3.8, 4) is 11.4 Å². The molecule has 1 aromatic heterocycles. The van der Waals surface area contributed by atoms with Crippen molar-refractivity contribution in [2.24, 2.45) is 0 Å². The summed E-state index contributed by atoms with van der Waals surface area (Å²) in [6.45, 7) is 6.19. The van der Waals surface area contributed by atoms with Crippen molar-refractivity contribution in [2.45, 2.75) is 62.5 Å². The van der Waals surface area contributed by atoms with Gasteiger partial charge < -0.3 is 9.64 Å². The third-order valence-corrected chi connectivity index (χ3v) is 5.86. The van der Waals surface area contributed by atoms with Gasteiger partial charge in [0, 0.05) is 12.1 Å². The molecule has 0 bridgehead atoms. The largest absolute Gasteiger partial charge is 0.497 e. The van der Waals surface area contributed by atoms with E-state index in [4.69, 9.17) is 4.74 Å². The lowest BCUT2D eigenvalue weighted by Gasteiger charge is -2.40. The average molecular weight is 375 g/mol. The van der Waals surface area contributed by atoms with E-state index in [1.54, 1.807) is 11.8 Å². The van der Waals surface area contributed by atoms with Crippen molar-refractivity contribution in [3.05, 3.63) is 24.3 Å². The molecule has 1 aliphatic heterocycles. The summed E-state index contributed by atoms with van der Waals surface area (Å²) in [5, 5.41) is 12.3. The number of aromatic nitrogens is 4. The van der Waals surface area contributed by atoms with Crippen LogP contribution in [0.4, 0.5) is 0 Å². The van der Waals surface area contributed by atoms with Crippen LogP contribution < -0.4 is 4.74 Å². The Balaban J connectivity index is 1.74. The molecule has 26 heavy (non-hydrogen) atoms. The highest BCUT2D eigenvalue weighted by molar-refractivity contribution is 8.00. The first-order valence-corrected chi connectivity index (χ1v) is 9.81. The highest BCUT2D eigenvalue weighted by Gasteiger charge is 2.32. The molecule has 1 saturated heterocycles. The van der Waals surface area contributed by atoms with Crippen LogP contribution in [0.15, 0.2) is 29.4 Å². The molecule has 1 aliphatic rings. The van der Waals surface area contributed by atoms with Gasteiger partial charge in [-0.3, -0.25) is 4.79 Å². The summed E-state index contributed by atoms with van der Waals surface area (Å²) in [4.78, 5) is 15.0. The molecular formula is C18H25N5O2S. The second kappa shape index (κ2) is 8.07. The lowest BCUT2D eigenvalue weighted by molar-refractivity contribution is -0.136. The number of carbonyl (C=O) groups is 1. The number of methoxy groups -OCH3 is 1. The number of likely N-dealkylation sites (tertiary alicyclic amines) is 1. The van der Waals surface area contributed by atoms with Gasteiger partial charge >= 0.3 is 0 Å². The minimum atomic E-state index is -0.249. The number of carbonyl (C=O) groups excluding carboxylic acids is 1. The molecule has 7 nitrogen and oxygen atoms in total. The van der Waals surface area contributed by atoms with Crippen LogP contribution in [0.25, 0.3) is 5.69 Å². The van der Waals surface area contributed by atoms with Gasteiger partial charge in [-0.25, -0.2) is 0 Å². The van der Waals surface area contributed by atoms with Gasteiger partial charge in [-0.15, -0.1) is 5.10 Å². The molecule has 2 heterocycles. The SMILES string of the molecule is COc1ccc(-n2nnnc2S[C@H](C)C(=O)N2[C@H](C)CCC[C@H]2C)cc1. The van der Waals surface area contributed by atoms with E-state index < -0.39 is 0 Å². The number of amides is 1. The van der Waals surface area contributed by atoms with Gasteiger partial charge in [0.05, 0.1) is 18.0 Å². The zero-order chi connectivity index (χ0) is 18.7. The Morgan fingerprint density at radius 3 is 2.50 bits per heavy atom. The first-order valence-electron chi connectivity index (χ1n) is 8.93. The smallest absolute Gasteiger partial charge is 0.236 e. The molecule has 0 spiro atoms. The fourth-order valence-electron chi connectivity index (χ4n) is 3.41. The monoisotopic (exact) mass is 375 g/mol. The van der Waals surface area contributed by atoms with Gasteiger partial charge in [-0.2, -0.15) is 4.68 Å². The van der Waals surface area contributed by atoms with Gasteiger partial charge in [-0.05, 0) is 74.7 Å². The molecule has 140 valence electrons. The fourth-order valence-corrected chi connectivity index (χ4v) is 4.28. The quantitative estimate of drug-likeness (QED) is 0.748. The summed E-state index contributed by atoms with van der Waals surface area (Å²) >= 11 is 1.39. The molecule has 3 atom stereocenters. The van der Waals surface area contributed by atoms with Crippen LogP contribution in [-0.2, 0) is 4.79 Å². The molecule has 0 saturated carbocycles. The van der Waals surface area contributed by atoms with E-state index in [-0.39, 0.29) is 23.2 Å². The highest BCUT2D eigenvalue weighted by Crippen LogP contribution is 2.29. The normalized spacial score (nSPS) is 21.5. The third kappa shape index (κ3) is 3.85. The number of benzene rings is 1. The number of tetrazole rings is 1. The predicted octanol–water partition coefficient (Wildman–Crippen LogP) is 2.94. The summed E-state index contributed by atoms with van der Waals surface area (Å²) in [5.41, 5.74) is 0.831. The van der Waals surface area contributed by atoms with Gasteiger partial charge in [0.2, 0.25) is 11.1 Å². The van der Waals surface area contributed by atoms with E-state index in [1.807, 2.05) is 36.1 Å². The van der Waals surface area contributed by atoms with E-state index in [0.29, 0.717) is 5.16 Å². The predicted molar refractivity (Wildman–Crippen MR) is 101 cm³/mol. The van der Waals surface area contributed by atoms with Crippen molar-refractivity contribution in [1.29, 1.82) is 0 Å². The van der Waals surface area contributed by atoms with Crippen LogP contribution in [0, 0.1) is 0 Å². The lowest BCUT2D eigenvalue weighted by Crippen LogP contribution is -2.50. The molecule has 8 heteroatoms. The van der Waals surface area contributed by atoms with E-state index >= 15 is 0 Å². The molecule has 1 amide bonds. The number of hydrogen-bond donors (Lipinski definition) is 0. The van der Waals surface area contributed by atoms with Gasteiger partial charge in [-0.1, -0.05) is 11.8 Å². The maximum atomic E-state index is 13.0. The van der Waals surface area contributed by atoms with E-state index in [1.165, 1.54) is 18.2 Å². The van der Waals surface area contributed by atoms with E-state index in [0.717, 1.165) is 24.3 Å². The molecular weight excluding hydrogens is 350 g/mol. The minimum Gasteiger partial charge on any atom is -0.497 e. The Bertz CT molecular complexity index is 738. The summed E-state index contributed by atoms with van der Waals surface area (Å²) in [5.74, 6) is 0.923. The minimum absolute atomic E-state index is 0.152. The van der Waals surface area contributed by atoms with E-state index in [9.17, 15) is 4.79 Å². The van der Waals surface area contributed by atoms with Crippen LogP contribution in [0.2, 0.25) is 0 Å². The Kier molecular flexibility index (Phi) is 5.80. The van der Waals surface area contributed by atoms with Crippen molar-refractivity contribution in [2.75, 3.05) is 7.11 Å². The number of ether oxygens (including phenoxy) is 1. The number of hydrogen-bond acceptors (Lipinski definition) is 6. The van der Waals surface area contributed by atoms with Crippen LogP contribution in [-0.4, -0.2) is 55.5 Å². The maximum absolute atomic E-state index is 13.0. The molecule has 1 fully saturated rings. The van der Waals surface area contributed by atoms with Crippen molar-refractivity contribution in [3.63, 3.8) is 0 Å². The van der Waals surface area contributed by atoms with Crippen LogP contribution >= 0.6 is 11.8 Å². The standard InChI is InChI=1S/C18H25N5O2S/c1-12-6-5-7-13(2)22(12)17(24)14(3)26-18-19-20-21-23(18)15-8-10-16(25-4)11-9-15/h8-14H,5-7H2,1-4H3/t12-,13-,14-/m1/s1. The Morgan fingerprint density at radius 1 is 1.23 bits per heavy atom. The van der Waals surface area contributed by atoms with Crippen LogP contribution in [0.5, 0.6) is 5.75 Å². The number of rotatable bonds is 5. The summed E-state index contributed by atoms with van der Waals surface area (Å²) in [6.07, 6.45) is 3.32. The maximum Gasteiger partial charge on any atom is 0.236 e. The van der Waals surface area contributed by atoms with Crippen molar-refractivity contribution < 1.29 is 9.53 Å². The molecule has 0 radical (unpaired) electrons. The van der Waals surface area contributed by atoms with Gasteiger partial charge in [0.15, 0.2) is 0 Å². The van der Waals surface area contributed by atoms with Gasteiger partial charge in [0.1, 0.15) is 5.75 Å². The lowest BCUT2D eigenvalue weighted by atomic mass is 9.97. The Labute approximate surface area is 158 Å². The summed E-state index contributed by atoms with van der Waals surface area (Å²) in [6, 6.07) is 8.06. The second-order valence-electron chi connectivity index (χ2n) is 6.71. The van der Waals surface area contributed by atoms with Crippen LogP contribution in [0.3, 0.4) is 0 Å². The van der Waals surface area contributed by atoms with Crippen molar-refractivity contribution >= 4 is 17.7 Å². The molecule has 2 aromatic rings. The van der Waals surface area contributed by atoms with Gasteiger partial charge in [0.25, 0.3) is 0 Å². The number of nitrogens with zero attached hydrogens (tertiary/aromatic N) is 5. The molecule has 3 rings (SSSR count). The average Bonchev–Trinajstić information content (AvgIpc) is 3.09. The summed E-state index contributed by atoms with van der Waals surface area (Å²) < 4.78 is 6.83. The fraction of sp³-hybridized carbons (Fsp3) is 0.556. The van der Waals surface area contributed by atoms with Crippen molar-refractivity contribution in [1.82, 2.24) is 25.1 Å². The van der Waals surface area contributed by atoms with Crippen LogP contribution in [0.1, 0.15) is 40.0 Å². The zero-order valence-corrected chi connectivity index (χ0v) is 16.4. The number of thioether (sulfide) groups is 1.